The van der Waals surface area contributed by atoms with E-state index in [1.54, 1.807) is 12.7 Å². The number of hydrogen-bond acceptors (Lipinski definition) is 7. The van der Waals surface area contributed by atoms with Crippen LogP contribution in [0.15, 0.2) is 30.9 Å². The van der Waals surface area contributed by atoms with E-state index in [2.05, 4.69) is 82.9 Å². The molecular weight excluding hydrogens is 402 g/mol. The summed E-state index contributed by atoms with van der Waals surface area (Å²) in [6.45, 7) is 15.6. The number of aromatic nitrogens is 4. The molecule has 1 aliphatic heterocycles. The first-order valence-electron chi connectivity index (χ1n) is 11.4. The summed E-state index contributed by atoms with van der Waals surface area (Å²) in [4.78, 5) is 18.0. The SMILES string of the molecule is Cc1cccc(N2CCN(CC(O)CNc3ncnc4c3ncn4C(C)(C)C)CC2)c1C. The Morgan fingerprint density at radius 3 is 2.53 bits per heavy atom. The Morgan fingerprint density at radius 1 is 1.06 bits per heavy atom. The van der Waals surface area contributed by atoms with Gasteiger partial charge in [0.25, 0.3) is 0 Å². The van der Waals surface area contributed by atoms with E-state index in [-0.39, 0.29) is 5.54 Å². The maximum atomic E-state index is 10.6. The third-order valence-corrected chi connectivity index (χ3v) is 6.32. The van der Waals surface area contributed by atoms with Crippen molar-refractivity contribution in [2.24, 2.45) is 0 Å². The number of imidazole rings is 1. The molecule has 8 nitrogen and oxygen atoms in total. The van der Waals surface area contributed by atoms with Crippen molar-refractivity contribution in [3.8, 4) is 0 Å². The standard InChI is InChI=1S/C24H35N7O/c1-17-7-6-8-20(18(17)2)30-11-9-29(10-12-30)14-19(32)13-25-22-21-23(27-15-26-22)31(16-28-21)24(3,4)5/h6-8,15-16,19,32H,9-14H2,1-5H3,(H,25,26,27). The van der Waals surface area contributed by atoms with Gasteiger partial charge in [0.15, 0.2) is 11.5 Å². The minimum atomic E-state index is -0.489. The van der Waals surface area contributed by atoms with Crippen molar-refractivity contribution >= 4 is 22.7 Å². The summed E-state index contributed by atoms with van der Waals surface area (Å²) in [6, 6.07) is 6.51. The van der Waals surface area contributed by atoms with Crippen LogP contribution in [0, 0.1) is 13.8 Å². The molecule has 0 spiro atoms. The maximum absolute atomic E-state index is 10.6. The van der Waals surface area contributed by atoms with E-state index in [1.807, 2.05) is 4.57 Å². The predicted octanol–water partition coefficient (Wildman–Crippen LogP) is 2.79. The van der Waals surface area contributed by atoms with Crippen molar-refractivity contribution in [3.63, 3.8) is 0 Å². The lowest BCUT2D eigenvalue weighted by molar-refractivity contribution is 0.118. The predicted molar refractivity (Wildman–Crippen MR) is 129 cm³/mol. The molecule has 4 rings (SSSR count). The number of nitrogens with one attached hydrogen (secondary N) is 1. The van der Waals surface area contributed by atoms with Crippen molar-refractivity contribution in [1.29, 1.82) is 0 Å². The van der Waals surface area contributed by atoms with Crippen LogP contribution in [0.1, 0.15) is 31.9 Å². The number of piperazine rings is 1. The van der Waals surface area contributed by atoms with Gasteiger partial charge in [-0.05, 0) is 51.8 Å². The molecule has 0 amide bonds. The molecule has 0 saturated carbocycles. The number of benzene rings is 1. The molecule has 1 aromatic carbocycles. The Kier molecular flexibility index (Phi) is 6.35. The van der Waals surface area contributed by atoms with Gasteiger partial charge in [0.05, 0.1) is 12.4 Å². The van der Waals surface area contributed by atoms with Crippen molar-refractivity contribution in [2.45, 2.75) is 46.3 Å². The van der Waals surface area contributed by atoms with E-state index in [1.165, 1.54) is 16.8 Å². The monoisotopic (exact) mass is 437 g/mol. The quantitative estimate of drug-likeness (QED) is 0.614. The molecule has 2 N–H and O–H groups in total. The lowest BCUT2D eigenvalue weighted by Crippen LogP contribution is -2.49. The zero-order valence-corrected chi connectivity index (χ0v) is 19.8. The zero-order valence-electron chi connectivity index (χ0n) is 19.8. The molecule has 1 saturated heterocycles. The molecule has 172 valence electrons. The topological polar surface area (TPSA) is 82.3 Å². The van der Waals surface area contributed by atoms with Crippen molar-refractivity contribution in [1.82, 2.24) is 24.4 Å². The van der Waals surface area contributed by atoms with Gasteiger partial charge >= 0.3 is 0 Å². The molecule has 3 aromatic rings. The lowest BCUT2D eigenvalue weighted by Gasteiger charge is -2.37. The van der Waals surface area contributed by atoms with Gasteiger partial charge in [0.1, 0.15) is 11.8 Å². The zero-order chi connectivity index (χ0) is 22.9. The summed E-state index contributed by atoms with van der Waals surface area (Å²) in [5.74, 6) is 0.664. The summed E-state index contributed by atoms with van der Waals surface area (Å²) >= 11 is 0. The average Bonchev–Trinajstić information content (AvgIpc) is 3.20. The highest BCUT2D eigenvalue weighted by Gasteiger charge is 2.22. The Labute approximate surface area is 190 Å². The molecule has 0 aliphatic carbocycles. The molecular formula is C24H35N7O. The van der Waals surface area contributed by atoms with Crippen LogP contribution >= 0.6 is 0 Å². The highest BCUT2D eigenvalue weighted by molar-refractivity contribution is 5.82. The van der Waals surface area contributed by atoms with Gasteiger partial charge in [-0.2, -0.15) is 0 Å². The first kappa shape index (κ1) is 22.5. The van der Waals surface area contributed by atoms with Crippen LogP contribution in [0.3, 0.4) is 0 Å². The van der Waals surface area contributed by atoms with E-state index in [0.29, 0.717) is 18.9 Å². The molecule has 1 fully saturated rings. The van der Waals surface area contributed by atoms with Gasteiger partial charge in [-0.15, -0.1) is 0 Å². The van der Waals surface area contributed by atoms with Crippen molar-refractivity contribution in [3.05, 3.63) is 42.0 Å². The minimum absolute atomic E-state index is 0.112. The summed E-state index contributed by atoms with van der Waals surface area (Å²) in [5.41, 5.74) is 5.44. The number of anilines is 2. The maximum Gasteiger partial charge on any atom is 0.165 e. The largest absolute Gasteiger partial charge is 0.390 e. The fourth-order valence-electron chi connectivity index (χ4n) is 4.28. The van der Waals surface area contributed by atoms with Crippen LogP contribution in [-0.4, -0.2) is 74.9 Å². The van der Waals surface area contributed by atoms with Gasteiger partial charge in [-0.3, -0.25) is 4.90 Å². The van der Waals surface area contributed by atoms with Crippen LogP contribution in [0.2, 0.25) is 0 Å². The third-order valence-electron chi connectivity index (χ3n) is 6.32. The van der Waals surface area contributed by atoms with Gasteiger partial charge in [0, 0.05) is 50.5 Å². The number of β-amino-alcohol motifs (C(OH)–C–C–N with tert-alkyl or cyclic N) is 1. The van der Waals surface area contributed by atoms with E-state index in [0.717, 1.165) is 37.3 Å². The summed E-state index contributed by atoms with van der Waals surface area (Å²) in [6.07, 6.45) is 2.86. The Balaban J connectivity index is 1.31. The number of nitrogens with zero attached hydrogens (tertiary/aromatic N) is 6. The van der Waals surface area contributed by atoms with Gasteiger partial charge < -0.3 is 19.9 Å². The molecule has 0 radical (unpaired) electrons. The average molecular weight is 438 g/mol. The van der Waals surface area contributed by atoms with Crippen LogP contribution in [0.25, 0.3) is 11.2 Å². The number of aryl methyl sites for hydroxylation is 1. The molecule has 2 aromatic heterocycles. The van der Waals surface area contributed by atoms with E-state index in [4.69, 9.17) is 0 Å². The van der Waals surface area contributed by atoms with E-state index >= 15 is 0 Å². The molecule has 8 heteroatoms. The molecule has 1 unspecified atom stereocenters. The van der Waals surface area contributed by atoms with E-state index in [9.17, 15) is 5.11 Å². The Morgan fingerprint density at radius 2 is 1.81 bits per heavy atom. The van der Waals surface area contributed by atoms with Crippen LogP contribution in [0.4, 0.5) is 11.5 Å². The number of aliphatic hydroxyl groups excluding tert-OH is 1. The van der Waals surface area contributed by atoms with Gasteiger partial charge in [0.2, 0.25) is 0 Å². The normalized spacial score (nSPS) is 16.5. The Bertz CT molecular complexity index is 1060. The number of aliphatic hydroxyl groups is 1. The third kappa shape index (κ3) is 4.71. The molecule has 1 aliphatic rings. The van der Waals surface area contributed by atoms with Crippen LogP contribution in [-0.2, 0) is 5.54 Å². The van der Waals surface area contributed by atoms with Crippen LogP contribution < -0.4 is 10.2 Å². The second-order valence-corrected chi connectivity index (χ2v) is 9.72. The summed E-state index contributed by atoms with van der Waals surface area (Å²) < 4.78 is 2.04. The van der Waals surface area contributed by atoms with Crippen molar-refractivity contribution < 1.29 is 5.11 Å². The first-order valence-corrected chi connectivity index (χ1v) is 11.4. The van der Waals surface area contributed by atoms with Gasteiger partial charge in [-0.1, -0.05) is 12.1 Å². The van der Waals surface area contributed by atoms with E-state index < -0.39 is 6.10 Å². The highest BCUT2D eigenvalue weighted by Crippen LogP contribution is 2.25. The second-order valence-electron chi connectivity index (χ2n) is 9.72. The summed E-state index contributed by atoms with van der Waals surface area (Å²) in [5, 5.41) is 13.9. The fraction of sp³-hybridized carbons (Fsp3) is 0.542. The number of rotatable bonds is 6. The van der Waals surface area contributed by atoms with Crippen LogP contribution in [0.5, 0.6) is 0 Å². The molecule has 3 heterocycles. The fourth-order valence-corrected chi connectivity index (χ4v) is 4.28. The highest BCUT2D eigenvalue weighted by atomic mass is 16.3. The van der Waals surface area contributed by atoms with Crippen molar-refractivity contribution in [2.75, 3.05) is 49.5 Å². The minimum Gasteiger partial charge on any atom is -0.390 e. The number of hydrogen-bond donors (Lipinski definition) is 2. The van der Waals surface area contributed by atoms with Gasteiger partial charge in [-0.25, -0.2) is 15.0 Å². The lowest BCUT2D eigenvalue weighted by atomic mass is 10.1. The Hall–Kier alpha value is -2.71. The summed E-state index contributed by atoms with van der Waals surface area (Å²) in [7, 11) is 0. The number of fused-ring (bicyclic) bond motifs is 1. The molecule has 32 heavy (non-hydrogen) atoms. The molecule has 0 bridgehead atoms. The molecule has 1 atom stereocenters. The second kappa shape index (κ2) is 9.03. The smallest absolute Gasteiger partial charge is 0.165 e. The first-order chi connectivity index (χ1) is 15.2.